The fourth-order valence-electron chi connectivity index (χ4n) is 3.65. The summed E-state index contributed by atoms with van der Waals surface area (Å²) in [5.74, 6) is -1.53. The van der Waals surface area contributed by atoms with Crippen molar-refractivity contribution in [1.29, 1.82) is 0 Å². The summed E-state index contributed by atoms with van der Waals surface area (Å²) in [6, 6.07) is 8.75. The summed E-state index contributed by atoms with van der Waals surface area (Å²) in [6.07, 6.45) is 3.48. The van der Waals surface area contributed by atoms with E-state index in [9.17, 15) is 19.5 Å². The maximum atomic E-state index is 13.1. The van der Waals surface area contributed by atoms with Gasteiger partial charge in [0.15, 0.2) is 0 Å². The Morgan fingerprint density at radius 1 is 1.09 bits per heavy atom. The molecule has 3 N–H and O–H groups in total. The number of carbonyl (C=O) groups is 3. The lowest BCUT2D eigenvalue weighted by molar-refractivity contribution is -0.147. The van der Waals surface area contributed by atoms with Crippen LogP contribution >= 0.6 is 0 Å². The molecule has 34 heavy (non-hydrogen) atoms. The first-order valence-electron chi connectivity index (χ1n) is 10.8. The Balaban J connectivity index is 1.78. The van der Waals surface area contributed by atoms with Crippen LogP contribution in [0.4, 0.5) is 5.69 Å². The molecule has 0 unspecified atom stereocenters. The van der Waals surface area contributed by atoms with E-state index >= 15 is 0 Å². The van der Waals surface area contributed by atoms with Gasteiger partial charge >= 0.3 is 5.97 Å². The van der Waals surface area contributed by atoms with Crippen molar-refractivity contribution in [3.8, 4) is 0 Å². The molecule has 0 fully saturated rings. The summed E-state index contributed by atoms with van der Waals surface area (Å²) >= 11 is 0. The Labute approximate surface area is 198 Å². The van der Waals surface area contributed by atoms with Crippen molar-refractivity contribution in [2.24, 2.45) is 5.41 Å². The molecule has 2 aromatic carbocycles. The third-order valence-electron chi connectivity index (χ3n) is 5.65. The molecule has 1 aliphatic rings. The number of nitrogens with zero attached hydrogens (tertiary/aromatic N) is 1. The Kier molecular flexibility index (Phi) is 7.10. The number of nitrogens with one attached hydrogen (secondary N) is 2. The first-order valence-corrected chi connectivity index (χ1v) is 10.8. The summed E-state index contributed by atoms with van der Waals surface area (Å²) in [7, 11) is 1.54. The number of anilines is 1. The number of methoxy groups -OCH3 is 1. The van der Waals surface area contributed by atoms with Crippen LogP contribution in [0.3, 0.4) is 0 Å². The summed E-state index contributed by atoms with van der Waals surface area (Å²) < 4.78 is 4.97. The van der Waals surface area contributed by atoms with Gasteiger partial charge in [-0.3, -0.25) is 19.3 Å². The number of hydrogen-bond donors (Lipinski definition) is 3. The van der Waals surface area contributed by atoms with Crippen LogP contribution in [0.2, 0.25) is 0 Å². The molecule has 0 saturated carbocycles. The van der Waals surface area contributed by atoms with Crippen LogP contribution in [0.15, 0.2) is 67.1 Å². The number of imide groups is 1. The van der Waals surface area contributed by atoms with E-state index in [0.29, 0.717) is 41.1 Å². The van der Waals surface area contributed by atoms with Gasteiger partial charge in [-0.05, 0) is 44.2 Å². The highest BCUT2D eigenvalue weighted by Gasteiger charge is 2.39. The van der Waals surface area contributed by atoms with E-state index in [-0.39, 0.29) is 6.54 Å². The Morgan fingerprint density at radius 2 is 1.76 bits per heavy atom. The average Bonchev–Trinajstić information content (AvgIpc) is 2.81. The highest BCUT2D eigenvalue weighted by Crippen LogP contribution is 2.35. The lowest BCUT2D eigenvalue weighted by atomic mass is 9.89. The van der Waals surface area contributed by atoms with Gasteiger partial charge in [0.05, 0.1) is 12.5 Å². The third-order valence-corrected chi connectivity index (χ3v) is 5.65. The zero-order valence-corrected chi connectivity index (χ0v) is 19.6. The molecule has 178 valence electrons. The highest BCUT2D eigenvalue weighted by atomic mass is 16.5. The lowest BCUT2D eigenvalue weighted by Gasteiger charge is -2.32. The molecule has 8 nitrogen and oxygen atoms in total. The Bertz CT molecular complexity index is 1190. The van der Waals surface area contributed by atoms with Gasteiger partial charge in [-0.25, -0.2) is 0 Å². The molecule has 8 heteroatoms. The third kappa shape index (κ3) is 4.96. The first-order chi connectivity index (χ1) is 16.1. The number of ether oxygens (including phenoxy) is 1. The number of aliphatic carboxylic acids is 1. The van der Waals surface area contributed by atoms with Crippen molar-refractivity contribution < 1.29 is 24.2 Å². The van der Waals surface area contributed by atoms with Crippen LogP contribution in [0.25, 0.3) is 10.8 Å². The number of carboxylic acids is 1. The molecule has 0 aromatic heterocycles. The maximum Gasteiger partial charge on any atom is 0.310 e. The lowest BCUT2D eigenvalue weighted by Crippen LogP contribution is -2.47. The molecule has 0 saturated heterocycles. The van der Waals surface area contributed by atoms with E-state index in [0.717, 1.165) is 16.0 Å². The Hall–Kier alpha value is -4.07. The Morgan fingerprint density at radius 3 is 2.41 bits per heavy atom. The summed E-state index contributed by atoms with van der Waals surface area (Å²) in [6.45, 7) is 11.6. The van der Waals surface area contributed by atoms with Crippen LogP contribution in [0, 0.1) is 5.41 Å². The van der Waals surface area contributed by atoms with Crippen molar-refractivity contribution in [1.82, 2.24) is 10.2 Å². The van der Waals surface area contributed by atoms with E-state index in [2.05, 4.69) is 23.8 Å². The SMILES string of the molecule is C=C(/C=C\C(=C)OC)NCCNc1ccc2c3c(cccc13)C(=O)N(CC(C)(C)C(=O)O)C2=O. The van der Waals surface area contributed by atoms with E-state index in [1.165, 1.54) is 13.8 Å². The fraction of sp³-hybridized carbons (Fsp3) is 0.269. The summed E-state index contributed by atoms with van der Waals surface area (Å²) in [5, 5.41) is 17.3. The molecule has 0 radical (unpaired) electrons. The standard InChI is InChI=1S/C26H29N3O5/c1-16(9-10-17(2)34-5)27-13-14-28-21-12-11-20-22-18(21)7-6-8-19(22)23(30)29(24(20)31)15-26(3,4)25(32)33/h6-12,27-28H,1-2,13-15H2,3-5H3,(H,32,33)/b10-9-. The van der Waals surface area contributed by atoms with Crippen LogP contribution in [0.5, 0.6) is 0 Å². The largest absolute Gasteiger partial charge is 0.497 e. The molecule has 0 aliphatic carbocycles. The van der Waals surface area contributed by atoms with E-state index in [1.807, 2.05) is 6.07 Å². The number of carboxylic acid groups (broad SMARTS) is 1. The van der Waals surface area contributed by atoms with Crippen molar-refractivity contribution in [2.45, 2.75) is 13.8 Å². The van der Waals surface area contributed by atoms with Gasteiger partial charge in [0, 0.05) is 52.9 Å². The normalized spacial score (nSPS) is 13.3. The monoisotopic (exact) mass is 463 g/mol. The predicted octanol–water partition coefficient (Wildman–Crippen LogP) is 3.78. The summed E-state index contributed by atoms with van der Waals surface area (Å²) in [4.78, 5) is 38.9. The smallest absolute Gasteiger partial charge is 0.310 e. The van der Waals surface area contributed by atoms with Crippen molar-refractivity contribution >= 4 is 34.2 Å². The fourth-order valence-corrected chi connectivity index (χ4v) is 3.65. The number of rotatable bonds is 11. The predicted molar refractivity (Wildman–Crippen MR) is 132 cm³/mol. The maximum absolute atomic E-state index is 13.1. The molecule has 0 spiro atoms. The van der Waals surface area contributed by atoms with E-state index in [4.69, 9.17) is 4.74 Å². The van der Waals surface area contributed by atoms with Gasteiger partial charge in [0.25, 0.3) is 11.8 Å². The van der Waals surface area contributed by atoms with E-state index < -0.39 is 23.2 Å². The van der Waals surface area contributed by atoms with Crippen molar-refractivity contribution in [3.63, 3.8) is 0 Å². The number of benzene rings is 2. The second kappa shape index (κ2) is 9.82. The van der Waals surface area contributed by atoms with Gasteiger partial charge in [-0.15, -0.1) is 0 Å². The molecule has 0 bridgehead atoms. The second-order valence-electron chi connectivity index (χ2n) is 8.66. The zero-order chi connectivity index (χ0) is 25.0. The van der Waals surface area contributed by atoms with Crippen LogP contribution in [-0.2, 0) is 9.53 Å². The molecular formula is C26H29N3O5. The molecule has 0 atom stereocenters. The number of carbonyl (C=O) groups excluding carboxylic acids is 2. The van der Waals surface area contributed by atoms with Gasteiger partial charge in [0.1, 0.15) is 5.76 Å². The van der Waals surface area contributed by atoms with Gasteiger partial charge < -0.3 is 20.5 Å². The molecule has 1 aliphatic heterocycles. The highest BCUT2D eigenvalue weighted by molar-refractivity contribution is 6.26. The second-order valence-corrected chi connectivity index (χ2v) is 8.66. The first kappa shape index (κ1) is 24.6. The van der Waals surface area contributed by atoms with Gasteiger partial charge in [-0.2, -0.15) is 0 Å². The molecule has 2 amide bonds. The molecule has 1 heterocycles. The molecule has 3 rings (SSSR count). The van der Waals surface area contributed by atoms with Crippen molar-refractivity contribution in [3.05, 3.63) is 78.2 Å². The minimum absolute atomic E-state index is 0.211. The molecule has 2 aromatic rings. The quantitative estimate of drug-likeness (QED) is 0.201. The van der Waals surface area contributed by atoms with Gasteiger partial charge in [0.2, 0.25) is 0 Å². The van der Waals surface area contributed by atoms with Crippen LogP contribution in [0.1, 0.15) is 34.6 Å². The number of allylic oxidation sites excluding steroid dienone is 2. The van der Waals surface area contributed by atoms with Crippen LogP contribution < -0.4 is 10.6 Å². The minimum atomic E-state index is -1.26. The topological polar surface area (TPSA) is 108 Å². The van der Waals surface area contributed by atoms with E-state index in [1.54, 1.807) is 43.5 Å². The summed E-state index contributed by atoms with van der Waals surface area (Å²) in [5.41, 5.74) is 0.994. The van der Waals surface area contributed by atoms with Crippen molar-refractivity contribution in [2.75, 3.05) is 32.1 Å². The number of hydrogen-bond acceptors (Lipinski definition) is 6. The van der Waals surface area contributed by atoms with Crippen LogP contribution in [-0.4, -0.2) is 54.5 Å². The minimum Gasteiger partial charge on any atom is -0.497 e. The zero-order valence-electron chi connectivity index (χ0n) is 19.6. The van der Waals surface area contributed by atoms with Gasteiger partial charge in [-0.1, -0.05) is 25.3 Å². The average molecular weight is 464 g/mol. The molecular weight excluding hydrogens is 434 g/mol. The number of amides is 2.